The van der Waals surface area contributed by atoms with Gasteiger partial charge in [-0.1, -0.05) is 48.5 Å². The third-order valence-corrected chi connectivity index (χ3v) is 4.96. The number of amides is 1. The lowest BCUT2D eigenvalue weighted by Gasteiger charge is -2.33. The van der Waals surface area contributed by atoms with Gasteiger partial charge in [0.25, 0.3) is 0 Å². The SMILES string of the molecule is O=C(OCc1ccccc1)N1CCN[C@H](CCn2ncc3ccccc32)C1. The van der Waals surface area contributed by atoms with Crippen molar-refractivity contribution in [3.05, 3.63) is 66.4 Å². The Morgan fingerprint density at radius 3 is 2.85 bits per heavy atom. The number of fused-ring (bicyclic) bond motifs is 1. The highest BCUT2D eigenvalue weighted by Gasteiger charge is 2.24. The van der Waals surface area contributed by atoms with E-state index in [-0.39, 0.29) is 12.1 Å². The van der Waals surface area contributed by atoms with Crippen molar-refractivity contribution < 1.29 is 9.53 Å². The van der Waals surface area contributed by atoms with Crippen LogP contribution >= 0.6 is 0 Å². The molecule has 0 spiro atoms. The lowest BCUT2D eigenvalue weighted by atomic mass is 10.1. The molecule has 0 aliphatic carbocycles. The molecule has 1 aromatic heterocycles. The van der Waals surface area contributed by atoms with Gasteiger partial charge in [-0.3, -0.25) is 4.68 Å². The summed E-state index contributed by atoms with van der Waals surface area (Å²) in [6.07, 6.45) is 2.57. The van der Waals surface area contributed by atoms with Crippen molar-refractivity contribution in [2.75, 3.05) is 19.6 Å². The second-order valence-electron chi connectivity index (χ2n) is 6.85. The molecule has 1 atom stereocenters. The van der Waals surface area contributed by atoms with Crippen LogP contribution in [-0.4, -0.2) is 46.4 Å². The van der Waals surface area contributed by atoms with E-state index >= 15 is 0 Å². The summed E-state index contributed by atoms with van der Waals surface area (Å²) in [5, 5.41) is 9.13. The van der Waals surface area contributed by atoms with Gasteiger partial charge in [0.05, 0.1) is 11.7 Å². The fourth-order valence-electron chi connectivity index (χ4n) is 3.48. The number of carbonyl (C=O) groups excluding carboxylic acids is 1. The van der Waals surface area contributed by atoms with Gasteiger partial charge in [0, 0.05) is 37.6 Å². The Bertz CT molecular complexity index is 893. The molecule has 3 aromatic rings. The maximum absolute atomic E-state index is 12.4. The van der Waals surface area contributed by atoms with E-state index in [0.717, 1.165) is 36.0 Å². The zero-order valence-corrected chi connectivity index (χ0v) is 15.3. The Kier molecular flexibility index (Phi) is 5.34. The van der Waals surface area contributed by atoms with Crippen LogP contribution in [0.4, 0.5) is 4.79 Å². The summed E-state index contributed by atoms with van der Waals surface area (Å²) >= 11 is 0. The maximum Gasteiger partial charge on any atom is 0.410 e. The zero-order chi connectivity index (χ0) is 18.5. The highest BCUT2D eigenvalue weighted by atomic mass is 16.6. The van der Waals surface area contributed by atoms with Crippen LogP contribution in [0.1, 0.15) is 12.0 Å². The Morgan fingerprint density at radius 1 is 1.15 bits per heavy atom. The molecule has 1 aliphatic heterocycles. The predicted octanol–water partition coefficient (Wildman–Crippen LogP) is 3.04. The van der Waals surface area contributed by atoms with Gasteiger partial charge in [0.2, 0.25) is 0 Å². The Labute approximate surface area is 158 Å². The number of ether oxygens (including phenoxy) is 1. The molecule has 1 saturated heterocycles. The number of aromatic nitrogens is 2. The van der Waals surface area contributed by atoms with Gasteiger partial charge in [-0.25, -0.2) is 4.79 Å². The maximum atomic E-state index is 12.4. The molecule has 0 bridgehead atoms. The number of nitrogens with one attached hydrogen (secondary N) is 1. The Hall–Kier alpha value is -2.86. The lowest BCUT2D eigenvalue weighted by molar-refractivity contribution is 0.0838. The van der Waals surface area contributed by atoms with Crippen LogP contribution in [0.2, 0.25) is 0 Å². The van der Waals surface area contributed by atoms with Crippen LogP contribution < -0.4 is 5.32 Å². The van der Waals surface area contributed by atoms with Crippen molar-refractivity contribution in [3.8, 4) is 0 Å². The van der Waals surface area contributed by atoms with Crippen LogP contribution in [0.15, 0.2) is 60.8 Å². The number of benzene rings is 2. The van der Waals surface area contributed by atoms with Crippen LogP contribution in [0.3, 0.4) is 0 Å². The lowest BCUT2D eigenvalue weighted by Crippen LogP contribution is -2.53. The first-order chi connectivity index (χ1) is 13.3. The summed E-state index contributed by atoms with van der Waals surface area (Å²) in [6.45, 7) is 3.25. The van der Waals surface area contributed by atoms with Crippen molar-refractivity contribution in [2.45, 2.75) is 25.6 Å². The minimum Gasteiger partial charge on any atom is -0.445 e. The van der Waals surface area contributed by atoms with E-state index in [4.69, 9.17) is 4.74 Å². The Morgan fingerprint density at radius 2 is 1.96 bits per heavy atom. The Balaban J connectivity index is 1.29. The summed E-state index contributed by atoms with van der Waals surface area (Å²) in [7, 11) is 0. The first-order valence-corrected chi connectivity index (χ1v) is 9.39. The monoisotopic (exact) mass is 364 g/mol. The van der Waals surface area contributed by atoms with E-state index in [0.29, 0.717) is 19.7 Å². The molecule has 140 valence electrons. The number of hydrogen-bond acceptors (Lipinski definition) is 4. The van der Waals surface area contributed by atoms with E-state index in [9.17, 15) is 4.79 Å². The molecular weight excluding hydrogens is 340 g/mol. The molecule has 1 N–H and O–H groups in total. The highest BCUT2D eigenvalue weighted by molar-refractivity contribution is 5.78. The van der Waals surface area contributed by atoms with Gasteiger partial charge >= 0.3 is 6.09 Å². The van der Waals surface area contributed by atoms with E-state index < -0.39 is 0 Å². The quantitative estimate of drug-likeness (QED) is 0.756. The van der Waals surface area contributed by atoms with Gasteiger partial charge < -0.3 is 15.0 Å². The molecule has 6 nitrogen and oxygen atoms in total. The fourth-order valence-corrected chi connectivity index (χ4v) is 3.48. The summed E-state index contributed by atoms with van der Waals surface area (Å²) in [6, 6.07) is 18.2. The van der Waals surface area contributed by atoms with Crippen molar-refractivity contribution in [2.24, 2.45) is 0 Å². The van der Waals surface area contributed by atoms with Gasteiger partial charge in [0.15, 0.2) is 0 Å². The van der Waals surface area contributed by atoms with E-state index in [2.05, 4.69) is 22.5 Å². The van der Waals surface area contributed by atoms with E-state index in [1.807, 2.05) is 53.3 Å². The first-order valence-electron chi connectivity index (χ1n) is 9.39. The molecule has 0 radical (unpaired) electrons. The summed E-state index contributed by atoms with van der Waals surface area (Å²) in [5.41, 5.74) is 2.15. The van der Waals surface area contributed by atoms with E-state index in [1.165, 1.54) is 0 Å². The van der Waals surface area contributed by atoms with Gasteiger partial charge in [0.1, 0.15) is 6.61 Å². The molecule has 1 amide bonds. The molecule has 0 saturated carbocycles. The largest absolute Gasteiger partial charge is 0.445 e. The second-order valence-corrected chi connectivity index (χ2v) is 6.85. The molecule has 2 aromatic carbocycles. The van der Waals surface area contributed by atoms with Crippen molar-refractivity contribution in [1.82, 2.24) is 20.0 Å². The number of nitrogens with zero attached hydrogens (tertiary/aromatic N) is 3. The summed E-state index contributed by atoms with van der Waals surface area (Å²) in [5.74, 6) is 0. The number of para-hydroxylation sites is 1. The van der Waals surface area contributed by atoms with Gasteiger partial charge in [-0.05, 0) is 18.1 Å². The average molecular weight is 364 g/mol. The summed E-state index contributed by atoms with van der Waals surface area (Å²) < 4.78 is 7.50. The average Bonchev–Trinajstić information content (AvgIpc) is 3.15. The number of piperazine rings is 1. The molecule has 0 unspecified atom stereocenters. The van der Waals surface area contributed by atoms with Crippen molar-refractivity contribution in [1.29, 1.82) is 0 Å². The fraction of sp³-hybridized carbons (Fsp3) is 0.333. The van der Waals surface area contributed by atoms with Crippen LogP contribution in [-0.2, 0) is 17.9 Å². The number of hydrogen-bond donors (Lipinski definition) is 1. The molecular formula is C21H24N4O2. The normalized spacial score (nSPS) is 17.2. The number of carbonyl (C=O) groups is 1. The minimum atomic E-state index is -0.241. The third kappa shape index (κ3) is 4.28. The predicted molar refractivity (Wildman–Crippen MR) is 104 cm³/mol. The van der Waals surface area contributed by atoms with E-state index in [1.54, 1.807) is 4.90 Å². The van der Waals surface area contributed by atoms with Gasteiger partial charge in [-0.2, -0.15) is 5.10 Å². The van der Waals surface area contributed by atoms with Crippen molar-refractivity contribution in [3.63, 3.8) is 0 Å². The summed E-state index contributed by atoms with van der Waals surface area (Å²) in [4.78, 5) is 14.2. The topological polar surface area (TPSA) is 59.4 Å². The van der Waals surface area contributed by atoms with Gasteiger partial charge in [-0.15, -0.1) is 0 Å². The van der Waals surface area contributed by atoms with Crippen LogP contribution in [0, 0.1) is 0 Å². The minimum absolute atomic E-state index is 0.241. The first kappa shape index (κ1) is 17.5. The molecule has 1 fully saturated rings. The standard InChI is InChI=1S/C21H24N4O2/c26-21(27-16-17-6-2-1-3-7-17)24-13-11-22-19(15-24)10-12-25-20-9-5-4-8-18(20)14-23-25/h1-9,14,19,22H,10-13,15-16H2/t19-/m1/s1. The smallest absolute Gasteiger partial charge is 0.410 e. The highest BCUT2D eigenvalue weighted by Crippen LogP contribution is 2.14. The number of aryl methyl sites for hydroxylation is 1. The molecule has 1 aliphatic rings. The molecule has 4 rings (SSSR count). The molecule has 27 heavy (non-hydrogen) atoms. The second kappa shape index (κ2) is 8.22. The third-order valence-electron chi connectivity index (χ3n) is 4.96. The van der Waals surface area contributed by atoms with Crippen molar-refractivity contribution >= 4 is 17.0 Å². The van der Waals surface area contributed by atoms with Crippen LogP contribution in [0.25, 0.3) is 10.9 Å². The number of rotatable bonds is 5. The molecule has 6 heteroatoms. The molecule has 2 heterocycles. The zero-order valence-electron chi connectivity index (χ0n) is 15.3. The van der Waals surface area contributed by atoms with Crippen LogP contribution in [0.5, 0.6) is 0 Å².